The molecule has 0 fully saturated rings. The summed E-state index contributed by atoms with van der Waals surface area (Å²) in [4.78, 5) is 12.1. The van der Waals surface area contributed by atoms with Gasteiger partial charge in [-0.1, -0.05) is 30.3 Å². The Kier molecular flexibility index (Phi) is 5.52. The molecule has 0 bridgehead atoms. The first-order valence-corrected chi connectivity index (χ1v) is 8.67. The van der Waals surface area contributed by atoms with E-state index in [1.807, 2.05) is 42.8 Å². The van der Waals surface area contributed by atoms with Gasteiger partial charge in [-0.25, -0.2) is 0 Å². The molecule has 0 spiro atoms. The van der Waals surface area contributed by atoms with Crippen LogP contribution >= 0.6 is 23.5 Å². The van der Waals surface area contributed by atoms with Crippen molar-refractivity contribution in [1.29, 1.82) is 0 Å². The Morgan fingerprint density at radius 1 is 1.10 bits per heavy atom. The van der Waals surface area contributed by atoms with Gasteiger partial charge in [0.25, 0.3) is 5.69 Å². The van der Waals surface area contributed by atoms with Gasteiger partial charge in [0.15, 0.2) is 0 Å². The molecule has 0 saturated carbocycles. The van der Waals surface area contributed by atoms with Crippen molar-refractivity contribution in [3.63, 3.8) is 0 Å². The van der Waals surface area contributed by atoms with Crippen LogP contribution in [0, 0.1) is 10.1 Å². The van der Waals surface area contributed by atoms with Crippen LogP contribution in [0.4, 0.5) is 5.69 Å². The molecule has 110 valence electrons. The highest BCUT2D eigenvalue weighted by atomic mass is 32.2. The lowest BCUT2D eigenvalue weighted by atomic mass is 10.2. The minimum absolute atomic E-state index is 0.155. The molecule has 0 aliphatic carbocycles. The zero-order valence-electron chi connectivity index (χ0n) is 11.7. The third kappa shape index (κ3) is 3.92. The zero-order valence-corrected chi connectivity index (χ0v) is 13.4. The monoisotopic (exact) mass is 321 g/mol. The van der Waals surface area contributed by atoms with Crippen molar-refractivity contribution in [2.75, 3.05) is 12.5 Å². The average Bonchev–Trinajstić information content (AvgIpc) is 2.52. The predicted molar refractivity (Wildman–Crippen MR) is 87.4 cm³/mol. The Morgan fingerprint density at radius 2 is 1.67 bits per heavy atom. The van der Waals surface area contributed by atoms with Crippen LogP contribution in [0.25, 0.3) is 0 Å². The first kappa shape index (κ1) is 15.7. The fourth-order valence-corrected chi connectivity index (χ4v) is 3.16. The molecule has 0 aliphatic heterocycles. The number of nitrogens with zero attached hydrogens (tertiary/aromatic N) is 1. The second-order valence-electron chi connectivity index (χ2n) is 4.21. The van der Waals surface area contributed by atoms with Crippen LogP contribution in [-0.2, 0) is 6.61 Å². The number of nitro groups is 1. The Hall–Kier alpha value is -1.66. The number of hydrogen-bond donors (Lipinski definition) is 0. The van der Waals surface area contributed by atoms with Crippen molar-refractivity contribution in [2.45, 2.75) is 16.4 Å². The van der Waals surface area contributed by atoms with Gasteiger partial charge < -0.3 is 4.74 Å². The normalized spacial score (nSPS) is 10.4. The van der Waals surface area contributed by atoms with E-state index in [0.717, 1.165) is 5.56 Å². The third-order valence-electron chi connectivity index (χ3n) is 2.88. The van der Waals surface area contributed by atoms with E-state index in [-0.39, 0.29) is 10.6 Å². The van der Waals surface area contributed by atoms with Crippen LogP contribution in [0.2, 0.25) is 0 Å². The van der Waals surface area contributed by atoms with E-state index < -0.39 is 0 Å². The molecule has 0 saturated heterocycles. The Morgan fingerprint density at radius 3 is 2.14 bits per heavy atom. The van der Waals surface area contributed by atoms with E-state index in [9.17, 15) is 10.1 Å². The number of rotatable bonds is 6. The maximum atomic E-state index is 11.2. The molecular formula is C15H15NO3S2. The molecule has 4 nitrogen and oxygen atoms in total. The summed E-state index contributed by atoms with van der Waals surface area (Å²) < 4.78 is 5.76. The highest BCUT2D eigenvalue weighted by Crippen LogP contribution is 2.39. The average molecular weight is 321 g/mol. The topological polar surface area (TPSA) is 52.4 Å². The smallest absolute Gasteiger partial charge is 0.296 e. The number of ether oxygens (including phenoxy) is 1. The Balaban J connectivity index is 2.26. The summed E-state index contributed by atoms with van der Waals surface area (Å²) in [5.41, 5.74) is 1.22. The van der Waals surface area contributed by atoms with Gasteiger partial charge in [0.05, 0.1) is 14.7 Å². The Labute approximate surface area is 132 Å². The molecule has 21 heavy (non-hydrogen) atoms. The summed E-state index contributed by atoms with van der Waals surface area (Å²) in [7, 11) is 0. The summed E-state index contributed by atoms with van der Waals surface area (Å²) in [6.07, 6.45) is 3.65. The maximum absolute atomic E-state index is 11.2. The fourth-order valence-electron chi connectivity index (χ4n) is 1.87. The van der Waals surface area contributed by atoms with E-state index >= 15 is 0 Å². The highest BCUT2D eigenvalue weighted by Gasteiger charge is 2.20. The van der Waals surface area contributed by atoms with Crippen molar-refractivity contribution in [1.82, 2.24) is 0 Å². The van der Waals surface area contributed by atoms with Gasteiger partial charge >= 0.3 is 0 Å². The van der Waals surface area contributed by atoms with Crippen molar-refractivity contribution in [2.24, 2.45) is 0 Å². The van der Waals surface area contributed by atoms with Gasteiger partial charge in [-0.05, 0) is 18.1 Å². The summed E-state index contributed by atoms with van der Waals surface area (Å²) >= 11 is 2.71. The van der Waals surface area contributed by atoms with Crippen LogP contribution in [0.1, 0.15) is 5.56 Å². The lowest BCUT2D eigenvalue weighted by Gasteiger charge is -2.10. The molecule has 0 unspecified atom stereocenters. The summed E-state index contributed by atoms with van der Waals surface area (Å²) in [6.45, 7) is 0.445. The molecule has 0 atom stereocenters. The summed E-state index contributed by atoms with van der Waals surface area (Å²) in [5, 5.41) is 11.2. The molecule has 0 N–H and O–H groups in total. The van der Waals surface area contributed by atoms with Crippen molar-refractivity contribution >= 4 is 29.2 Å². The van der Waals surface area contributed by atoms with E-state index in [4.69, 9.17) is 4.74 Å². The fraction of sp³-hybridized carbons (Fsp3) is 0.200. The third-order valence-corrected chi connectivity index (χ3v) is 4.39. The molecule has 0 heterocycles. The van der Waals surface area contributed by atoms with Gasteiger partial charge in [-0.3, -0.25) is 10.1 Å². The quantitative estimate of drug-likeness (QED) is 0.441. The van der Waals surface area contributed by atoms with E-state index in [2.05, 4.69) is 0 Å². The van der Waals surface area contributed by atoms with Gasteiger partial charge in [0.2, 0.25) is 0 Å². The zero-order chi connectivity index (χ0) is 15.2. The second-order valence-corrected chi connectivity index (χ2v) is 5.90. The molecule has 0 amide bonds. The van der Waals surface area contributed by atoms with E-state index in [0.29, 0.717) is 22.1 Å². The molecule has 0 radical (unpaired) electrons. The molecule has 2 rings (SSSR count). The van der Waals surface area contributed by atoms with E-state index in [1.165, 1.54) is 23.5 Å². The minimum Gasteiger partial charge on any atom is -0.489 e. The number of nitro benzene ring substituents is 1. The van der Waals surface area contributed by atoms with Crippen LogP contribution in [0.3, 0.4) is 0 Å². The molecule has 6 heteroatoms. The van der Waals surface area contributed by atoms with Crippen molar-refractivity contribution < 1.29 is 9.66 Å². The van der Waals surface area contributed by atoms with Crippen LogP contribution < -0.4 is 4.74 Å². The number of thioether (sulfide) groups is 2. The molecular weight excluding hydrogens is 306 g/mol. The first-order chi connectivity index (χ1) is 10.2. The highest BCUT2D eigenvalue weighted by molar-refractivity contribution is 7.99. The van der Waals surface area contributed by atoms with Gasteiger partial charge in [0.1, 0.15) is 12.4 Å². The molecule has 0 aliphatic rings. The lowest BCUT2D eigenvalue weighted by molar-refractivity contribution is -0.390. The standard InChI is InChI=1S/C15H15NO3S2/c1-20-13-8-12(9-14(21-2)15(13)16(17)18)19-10-11-6-4-3-5-7-11/h3-9H,10H2,1-2H3. The number of hydrogen-bond acceptors (Lipinski definition) is 5. The summed E-state index contributed by atoms with van der Waals surface area (Å²) in [5.74, 6) is 0.651. The van der Waals surface area contributed by atoms with Crippen molar-refractivity contribution in [3.05, 3.63) is 58.1 Å². The number of benzene rings is 2. The van der Waals surface area contributed by atoms with Crippen LogP contribution in [-0.4, -0.2) is 17.4 Å². The van der Waals surface area contributed by atoms with Gasteiger partial charge in [0, 0.05) is 12.1 Å². The van der Waals surface area contributed by atoms with Crippen LogP contribution in [0.5, 0.6) is 5.75 Å². The predicted octanol–water partition coefficient (Wildman–Crippen LogP) is 4.62. The molecule has 2 aromatic rings. The molecule has 2 aromatic carbocycles. The van der Waals surface area contributed by atoms with Gasteiger partial charge in [-0.15, -0.1) is 23.5 Å². The van der Waals surface area contributed by atoms with Crippen molar-refractivity contribution in [3.8, 4) is 5.75 Å². The minimum atomic E-state index is -0.335. The first-order valence-electron chi connectivity index (χ1n) is 6.23. The SMILES string of the molecule is CSc1cc(OCc2ccccc2)cc(SC)c1[N+](=O)[O-]. The largest absolute Gasteiger partial charge is 0.489 e. The Bertz CT molecular complexity index is 607. The van der Waals surface area contributed by atoms with Gasteiger partial charge in [-0.2, -0.15) is 0 Å². The summed E-state index contributed by atoms with van der Waals surface area (Å²) in [6, 6.07) is 13.3. The second kappa shape index (κ2) is 7.38. The molecule has 0 aromatic heterocycles. The maximum Gasteiger partial charge on any atom is 0.296 e. The lowest BCUT2D eigenvalue weighted by Crippen LogP contribution is -1.98. The van der Waals surface area contributed by atoms with Crippen LogP contribution in [0.15, 0.2) is 52.3 Å². The van der Waals surface area contributed by atoms with E-state index in [1.54, 1.807) is 12.1 Å².